The first-order valence-electron chi connectivity index (χ1n) is 9.24. The van der Waals surface area contributed by atoms with Crippen LogP contribution in [-0.4, -0.2) is 17.0 Å². The largest absolute Gasteiger partial charge is 0.351 e. The summed E-state index contributed by atoms with van der Waals surface area (Å²) in [5, 5.41) is 13.3. The zero-order valence-corrected chi connectivity index (χ0v) is 15.5. The molecule has 0 spiro atoms. The highest BCUT2D eigenvalue weighted by atomic mass is 16.1. The Bertz CT molecular complexity index is 993. The van der Waals surface area contributed by atoms with Crippen LogP contribution < -0.4 is 5.32 Å². The van der Waals surface area contributed by atoms with Crippen molar-refractivity contribution in [2.75, 3.05) is 6.54 Å². The van der Waals surface area contributed by atoms with Gasteiger partial charge in [-0.2, -0.15) is 5.26 Å². The van der Waals surface area contributed by atoms with Gasteiger partial charge in [-0.15, -0.1) is 0 Å². The first-order chi connectivity index (χ1) is 13.2. The molecule has 0 fully saturated rings. The summed E-state index contributed by atoms with van der Waals surface area (Å²) in [5.74, 6) is -0.314. The number of rotatable bonds is 7. The minimum absolute atomic E-state index is 0.133. The van der Waals surface area contributed by atoms with Crippen molar-refractivity contribution in [3.8, 4) is 6.07 Å². The van der Waals surface area contributed by atoms with E-state index < -0.39 is 0 Å². The maximum absolute atomic E-state index is 12.3. The molecule has 0 aliphatic heterocycles. The highest BCUT2D eigenvalue weighted by Crippen LogP contribution is 2.24. The van der Waals surface area contributed by atoms with E-state index in [4.69, 9.17) is 0 Å². The highest BCUT2D eigenvalue weighted by molar-refractivity contribution is 6.04. The smallest absolute Gasteiger partial charge is 0.261 e. The van der Waals surface area contributed by atoms with Crippen LogP contribution in [0.2, 0.25) is 0 Å². The summed E-state index contributed by atoms with van der Waals surface area (Å²) in [6.07, 6.45) is 5.60. The van der Waals surface area contributed by atoms with Gasteiger partial charge in [-0.25, -0.2) is 0 Å². The summed E-state index contributed by atoms with van der Waals surface area (Å²) in [5.41, 5.74) is 3.29. The normalized spacial score (nSPS) is 11.3. The van der Waals surface area contributed by atoms with E-state index >= 15 is 0 Å². The summed E-state index contributed by atoms with van der Waals surface area (Å²) in [4.78, 5) is 12.3. The Kier molecular flexibility index (Phi) is 6.06. The van der Waals surface area contributed by atoms with Gasteiger partial charge in [0.1, 0.15) is 11.6 Å². The van der Waals surface area contributed by atoms with Crippen molar-refractivity contribution in [2.24, 2.45) is 0 Å². The molecule has 27 heavy (non-hydrogen) atoms. The van der Waals surface area contributed by atoms with Crippen molar-refractivity contribution in [1.29, 1.82) is 5.26 Å². The number of benzene rings is 2. The number of hydrogen-bond donors (Lipinski definition) is 1. The number of hydrogen-bond acceptors (Lipinski definition) is 2. The molecular formula is C23H23N3O. The van der Waals surface area contributed by atoms with Crippen LogP contribution in [0.5, 0.6) is 0 Å². The number of aromatic nitrogens is 1. The first-order valence-corrected chi connectivity index (χ1v) is 9.24. The number of nitrogens with one attached hydrogen (secondary N) is 1. The maximum Gasteiger partial charge on any atom is 0.261 e. The van der Waals surface area contributed by atoms with E-state index in [1.54, 1.807) is 6.08 Å². The molecule has 4 heteroatoms. The van der Waals surface area contributed by atoms with Crippen LogP contribution in [0.25, 0.3) is 17.0 Å². The fourth-order valence-corrected chi connectivity index (χ4v) is 3.08. The van der Waals surface area contributed by atoms with Crippen LogP contribution in [0.4, 0.5) is 0 Å². The molecule has 4 nitrogen and oxygen atoms in total. The number of amides is 1. The molecule has 0 saturated heterocycles. The van der Waals surface area contributed by atoms with Gasteiger partial charge < -0.3 is 9.88 Å². The van der Waals surface area contributed by atoms with Crippen LogP contribution in [0.3, 0.4) is 0 Å². The number of nitrogens with zero attached hydrogens (tertiary/aromatic N) is 2. The van der Waals surface area contributed by atoms with E-state index in [1.807, 2.05) is 48.7 Å². The van der Waals surface area contributed by atoms with E-state index in [0.29, 0.717) is 6.54 Å². The van der Waals surface area contributed by atoms with E-state index in [-0.39, 0.29) is 11.5 Å². The summed E-state index contributed by atoms with van der Waals surface area (Å²) in [7, 11) is 0. The molecule has 0 radical (unpaired) electrons. The highest BCUT2D eigenvalue weighted by Gasteiger charge is 2.12. The van der Waals surface area contributed by atoms with Crippen LogP contribution in [0, 0.1) is 11.3 Å². The van der Waals surface area contributed by atoms with Crippen LogP contribution in [0.15, 0.2) is 66.4 Å². The molecule has 0 bridgehead atoms. The molecule has 3 rings (SSSR count). The Morgan fingerprint density at radius 1 is 1.15 bits per heavy atom. The second kappa shape index (κ2) is 8.86. The topological polar surface area (TPSA) is 57.8 Å². The molecule has 2 aromatic carbocycles. The fourth-order valence-electron chi connectivity index (χ4n) is 3.08. The minimum Gasteiger partial charge on any atom is -0.351 e. The lowest BCUT2D eigenvalue weighted by molar-refractivity contribution is -0.117. The predicted octanol–water partition coefficient (Wildman–Crippen LogP) is 4.51. The SMILES string of the molecule is CCCCNC(=O)/C(C#N)=C\c1cn(Cc2ccccc2)c2ccccc12. The molecule has 1 amide bonds. The lowest BCUT2D eigenvalue weighted by Gasteiger charge is -2.05. The van der Waals surface area contributed by atoms with Crippen LogP contribution in [0.1, 0.15) is 30.9 Å². The maximum atomic E-state index is 12.3. The third kappa shape index (κ3) is 4.45. The second-order valence-corrected chi connectivity index (χ2v) is 6.49. The van der Waals surface area contributed by atoms with Crippen molar-refractivity contribution in [3.63, 3.8) is 0 Å². The van der Waals surface area contributed by atoms with Gasteiger partial charge in [0.25, 0.3) is 5.91 Å². The zero-order chi connectivity index (χ0) is 19.1. The van der Waals surface area contributed by atoms with E-state index in [9.17, 15) is 10.1 Å². The standard InChI is InChI=1S/C23H23N3O/c1-2-3-13-25-23(27)19(15-24)14-20-17-26(16-18-9-5-4-6-10-18)22-12-8-7-11-21(20)22/h4-12,14,17H,2-3,13,16H2,1H3,(H,25,27)/b19-14-. The average molecular weight is 357 g/mol. The van der Waals surface area contributed by atoms with Crippen LogP contribution in [-0.2, 0) is 11.3 Å². The number of carbonyl (C=O) groups excluding carboxylic acids is 1. The molecule has 136 valence electrons. The van der Waals surface area contributed by atoms with Crippen molar-refractivity contribution in [3.05, 3.63) is 77.5 Å². The minimum atomic E-state index is -0.314. The Labute approximate surface area is 159 Å². The van der Waals surface area contributed by atoms with Gasteiger partial charge in [-0.05, 0) is 24.1 Å². The van der Waals surface area contributed by atoms with Gasteiger partial charge in [0.05, 0.1) is 0 Å². The fraction of sp³-hybridized carbons (Fsp3) is 0.217. The van der Waals surface area contributed by atoms with Crippen molar-refractivity contribution < 1.29 is 4.79 Å². The Morgan fingerprint density at radius 2 is 1.89 bits per heavy atom. The van der Waals surface area contributed by atoms with Crippen molar-refractivity contribution >= 4 is 22.9 Å². The van der Waals surface area contributed by atoms with E-state index in [2.05, 4.69) is 35.0 Å². The first kappa shape index (κ1) is 18.5. The molecule has 3 aromatic rings. The van der Waals surface area contributed by atoms with Gasteiger partial charge in [0.2, 0.25) is 0 Å². The molecule has 1 aromatic heterocycles. The molecule has 0 unspecified atom stereocenters. The monoisotopic (exact) mass is 357 g/mol. The lowest BCUT2D eigenvalue weighted by atomic mass is 10.1. The zero-order valence-electron chi connectivity index (χ0n) is 15.5. The Balaban J connectivity index is 1.94. The molecule has 1 N–H and O–H groups in total. The Morgan fingerprint density at radius 3 is 2.63 bits per heavy atom. The average Bonchev–Trinajstić information content (AvgIpc) is 3.04. The predicted molar refractivity (Wildman–Crippen MR) is 109 cm³/mol. The second-order valence-electron chi connectivity index (χ2n) is 6.49. The van der Waals surface area contributed by atoms with Gasteiger partial charge in [-0.1, -0.05) is 61.9 Å². The van der Waals surface area contributed by atoms with Gasteiger partial charge in [0.15, 0.2) is 0 Å². The number of fused-ring (bicyclic) bond motifs is 1. The quantitative estimate of drug-likeness (QED) is 0.384. The number of unbranched alkanes of at least 4 members (excludes halogenated alkanes) is 1. The van der Waals surface area contributed by atoms with E-state index in [1.165, 1.54) is 5.56 Å². The summed E-state index contributed by atoms with van der Waals surface area (Å²) >= 11 is 0. The lowest BCUT2D eigenvalue weighted by Crippen LogP contribution is -2.25. The van der Waals surface area contributed by atoms with Gasteiger partial charge >= 0.3 is 0 Å². The van der Waals surface area contributed by atoms with Crippen LogP contribution >= 0.6 is 0 Å². The van der Waals surface area contributed by atoms with E-state index in [0.717, 1.165) is 35.9 Å². The van der Waals surface area contributed by atoms with Crippen molar-refractivity contribution in [2.45, 2.75) is 26.3 Å². The summed E-state index contributed by atoms with van der Waals surface area (Å²) in [6.45, 7) is 3.39. The van der Waals surface area contributed by atoms with Crippen molar-refractivity contribution in [1.82, 2.24) is 9.88 Å². The summed E-state index contributed by atoms with van der Waals surface area (Å²) < 4.78 is 2.15. The van der Waals surface area contributed by atoms with Gasteiger partial charge in [-0.3, -0.25) is 4.79 Å². The number of nitriles is 1. The number of carbonyl (C=O) groups is 1. The molecule has 1 heterocycles. The Hall–Kier alpha value is -3.32. The molecule has 0 atom stereocenters. The third-order valence-corrected chi connectivity index (χ3v) is 4.50. The molecular weight excluding hydrogens is 334 g/mol. The molecule has 0 aliphatic carbocycles. The molecule has 0 aliphatic rings. The molecule has 0 saturated carbocycles. The number of para-hydroxylation sites is 1. The third-order valence-electron chi connectivity index (χ3n) is 4.50. The van der Waals surface area contributed by atoms with Gasteiger partial charge in [0, 0.05) is 35.8 Å². The summed E-state index contributed by atoms with van der Waals surface area (Å²) in [6, 6.07) is 20.3.